The van der Waals surface area contributed by atoms with Crippen LogP contribution in [-0.2, 0) is 19.1 Å². The number of hydrogen-bond acceptors (Lipinski definition) is 5. The van der Waals surface area contributed by atoms with Gasteiger partial charge in [-0.15, -0.1) is 0 Å². The van der Waals surface area contributed by atoms with Gasteiger partial charge in [0.2, 0.25) is 0 Å². The van der Waals surface area contributed by atoms with Crippen molar-refractivity contribution in [2.75, 3.05) is 6.61 Å². The van der Waals surface area contributed by atoms with Crippen LogP contribution in [0.2, 0.25) is 0 Å². The molecule has 5 aliphatic carbocycles. The fourth-order valence-electron chi connectivity index (χ4n) is 11.0. The van der Waals surface area contributed by atoms with Crippen molar-refractivity contribution in [3.63, 3.8) is 0 Å². The molecule has 0 aliphatic heterocycles. The summed E-state index contributed by atoms with van der Waals surface area (Å²) in [6, 6.07) is 2.14. The van der Waals surface area contributed by atoms with Crippen molar-refractivity contribution in [2.24, 2.45) is 56.2 Å². The van der Waals surface area contributed by atoms with E-state index < -0.39 is 33.8 Å². The fraction of sp³-hybridized carbons (Fsp3) is 0.818. The maximum absolute atomic E-state index is 14.5. The van der Waals surface area contributed by atoms with Gasteiger partial charge in [-0.2, -0.15) is 18.4 Å². The average Bonchev–Trinajstić information content (AvgIpc) is 2.86. The molecule has 0 amide bonds. The molecule has 0 saturated heterocycles. The number of fused-ring (bicyclic) bond motifs is 7. The number of alkyl halides is 3. The number of nitriles is 1. The summed E-state index contributed by atoms with van der Waals surface area (Å²) in [6.07, 6.45) is 2.17. The minimum Gasteiger partial charge on any atom is -0.458 e. The van der Waals surface area contributed by atoms with Crippen LogP contribution in [0.3, 0.4) is 0 Å². The van der Waals surface area contributed by atoms with Gasteiger partial charge in [-0.1, -0.05) is 54.5 Å². The first-order valence-corrected chi connectivity index (χ1v) is 15.1. The third kappa shape index (κ3) is 4.10. The van der Waals surface area contributed by atoms with Crippen LogP contribution in [0, 0.1) is 67.5 Å². The Balaban J connectivity index is 1.57. The van der Waals surface area contributed by atoms with E-state index in [1.165, 1.54) is 0 Å². The molecular weight excluding hydrogens is 531 g/mol. The average molecular weight is 576 g/mol. The number of esters is 1. The molecule has 8 heteroatoms. The molecule has 0 N–H and O–H groups in total. The number of carbonyl (C=O) groups excluding carboxylic acids is 3. The zero-order valence-electron chi connectivity index (χ0n) is 25.5. The Kier molecular flexibility index (Phi) is 6.59. The minimum atomic E-state index is -5.05. The van der Waals surface area contributed by atoms with Gasteiger partial charge in [0.15, 0.2) is 5.78 Å². The van der Waals surface area contributed by atoms with Crippen molar-refractivity contribution in [1.29, 1.82) is 5.26 Å². The molecule has 226 valence electrons. The molecule has 41 heavy (non-hydrogen) atoms. The predicted molar refractivity (Wildman–Crippen MR) is 146 cm³/mol. The fourth-order valence-corrected chi connectivity index (χ4v) is 11.0. The molecule has 0 radical (unpaired) electrons. The highest BCUT2D eigenvalue weighted by atomic mass is 19.4. The Morgan fingerprint density at radius 2 is 1.61 bits per heavy atom. The molecule has 0 bridgehead atoms. The third-order valence-electron chi connectivity index (χ3n) is 13.4. The maximum Gasteiger partial charge on any atom is 0.490 e. The SMILES string of the molecule is CC1(C)CC[C@]2(COC(=O)C(F)(F)F)CC[C@]3(C)[C@H](C(=O)C[C@@H]4[C@@]5(C)C=C(C#N)C(=O)C(C)(C)[C@@H]5CC[C@]43C)[C@@H]2C1. The zero-order valence-corrected chi connectivity index (χ0v) is 25.5. The lowest BCUT2D eigenvalue weighted by Crippen LogP contribution is -2.69. The van der Waals surface area contributed by atoms with Crippen molar-refractivity contribution in [3.05, 3.63) is 11.6 Å². The molecular formula is C33H44F3NO4. The normalized spacial score (nSPS) is 44.8. The van der Waals surface area contributed by atoms with Crippen LogP contribution in [0.1, 0.15) is 99.8 Å². The molecule has 0 aromatic rings. The molecule has 4 saturated carbocycles. The van der Waals surface area contributed by atoms with E-state index in [2.05, 4.69) is 40.7 Å². The Bertz CT molecular complexity index is 1260. The number of carbonyl (C=O) groups is 3. The first-order valence-electron chi connectivity index (χ1n) is 15.1. The lowest BCUT2D eigenvalue weighted by Gasteiger charge is -2.72. The van der Waals surface area contributed by atoms with Crippen LogP contribution in [0.4, 0.5) is 13.2 Å². The Hall–Kier alpha value is -2.17. The van der Waals surface area contributed by atoms with E-state index in [0.717, 1.165) is 19.3 Å². The quantitative estimate of drug-likeness (QED) is 0.321. The van der Waals surface area contributed by atoms with Gasteiger partial charge in [0, 0.05) is 23.2 Å². The summed E-state index contributed by atoms with van der Waals surface area (Å²) in [4.78, 5) is 39.5. The van der Waals surface area contributed by atoms with Gasteiger partial charge in [-0.05, 0) is 84.4 Å². The molecule has 8 atom stereocenters. The topological polar surface area (TPSA) is 84.2 Å². The van der Waals surface area contributed by atoms with Gasteiger partial charge in [-0.3, -0.25) is 9.59 Å². The van der Waals surface area contributed by atoms with Crippen molar-refractivity contribution in [2.45, 2.75) is 106 Å². The first-order chi connectivity index (χ1) is 18.7. The van der Waals surface area contributed by atoms with Gasteiger partial charge in [0.1, 0.15) is 11.9 Å². The van der Waals surface area contributed by atoms with E-state index in [4.69, 9.17) is 4.74 Å². The minimum absolute atomic E-state index is 0.00343. The summed E-state index contributed by atoms with van der Waals surface area (Å²) in [7, 11) is 0. The standard InChI is InChI=1S/C33H44F3NO4/c1-27(2)10-12-32(18-41-26(40)33(34,35)36)13-11-31(7)24(20(32)16-27)21(38)14-23-29(5)15-19(17-37)25(39)28(3,4)22(29)8-9-30(23,31)6/h15,20,22-24H,8-14,16,18H2,1-7H3/t20-,22-,23+,24-,29-,30+,31+,32+/m0/s1. The predicted octanol–water partition coefficient (Wildman–Crippen LogP) is 7.39. The second-order valence-electron chi connectivity index (χ2n) is 16.1. The number of halogens is 3. The smallest absolute Gasteiger partial charge is 0.458 e. The van der Waals surface area contributed by atoms with E-state index in [1.54, 1.807) is 0 Å². The van der Waals surface area contributed by atoms with Gasteiger partial charge < -0.3 is 4.74 Å². The molecule has 5 rings (SSSR count). The van der Waals surface area contributed by atoms with Crippen LogP contribution < -0.4 is 0 Å². The Morgan fingerprint density at radius 3 is 2.22 bits per heavy atom. The Morgan fingerprint density at radius 1 is 0.976 bits per heavy atom. The molecule has 0 heterocycles. The summed E-state index contributed by atoms with van der Waals surface area (Å²) in [5.74, 6) is -2.75. The van der Waals surface area contributed by atoms with Gasteiger partial charge in [0.25, 0.3) is 0 Å². The lowest BCUT2D eigenvalue weighted by atomic mass is 9.31. The van der Waals surface area contributed by atoms with Crippen molar-refractivity contribution < 1.29 is 32.3 Å². The summed E-state index contributed by atoms with van der Waals surface area (Å²) in [6.45, 7) is 14.5. The summed E-state index contributed by atoms with van der Waals surface area (Å²) in [5, 5.41) is 9.88. The summed E-state index contributed by atoms with van der Waals surface area (Å²) >= 11 is 0. The summed E-state index contributed by atoms with van der Waals surface area (Å²) in [5.41, 5.74) is -2.48. The lowest BCUT2D eigenvalue weighted by molar-refractivity contribution is -0.233. The largest absolute Gasteiger partial charge is 0.490 e. The van der Waals surface area contributed by atoms with E-state index in [1.807, 2.05) is 19.9 Å². The monoisotopic (exact) mass is 575 g/mol. The molecule has 5 aliphatic rings. The molecule has 5 nitrogen and oxygen atoms in total. The van der Waals surface area contributed by atoms with Crippen LogP contribution in [0.15, 0.2) is 11.6 Å². The maximum atomic E-state index is 14.5. The molecule has 0 spiro atoms. The van der Waals surface area contributed by atoms with Gasteiger partial charge in [-0.25, -0.2) is 4.79 Å². The number of hydrogen-bond donors (Lipinski definition) is 0. The second kappa shape index (κ2) is 8.92. The molecule has 0 aromatic heterocycles. The first kappa shape index (κ1) is 30.3. The number of Topliss-reactive ketones (excluding diaryl/α,β-unsaturated/α-hetero) is 2. The van der Waals surface area contributed by atoms with Crippen molar-refractivity contribution >= 4 is 17.5 Å². The highest BCUT2D eigenvalue weighted by Gasteiger charge is 2.72. The van der Waals surface area contributed by atoms with Crippen LogP contribution >= 0.6 is 0 Å². The van der Waals surface area contributed by atoms with Gasteiger partial charge >= 0.3 is 12.1 Å². The zero-order chi connectivity index (χ0) is 30.6. The van der Waals surface area contributed by atoms with E-state index >= 15 is 0 Å². The van der Waals surface area contributed by atoms with Crippen molar-refractivity contribution in [1.82, 2.24) is 0 Å². The van der Waals surface area contributed by atoms with E-state index in [0.29, 0.717) is 32.1 Å². The summed E-state index contributed by atoms with van der Waals surface area (Å²) < 4.78 is 44.3. The molecule has 0 aromatic carbocycles. The second-order valence-corrected chi connectivity index (χ2v) is 16.1. The molecule has 4 fully saturated rings. The molecule has 0 unspecified atom stereocenters. The number of ether oxygens (including phenoxy) is 1. The van der Waals surface area contributed by atoms with E-state index in [-0.39, 0.29) is 58.2 Å². The highest BCUT2D eigenvalue weighted by Crippen LogP contribution is 2.75. The van der Waals surface area contributed by atoms with Crippen LogP contribution in [0.5, 0.6) is 0 Å². The number of nitrogens with zero attached hydrogens (tertiary/aromatic N) is 1. The van der Waals surface area contributed by atoms with Crippen LogP contribution in [0.25, 0.3) is 0 Å². The van der Waals surface area contributed by atoms with Gasteiger partial charge in [0.05, 0.1) is 12.2 Å². The Labute approximate surface area is 241 Å². The highest BCUT2D eigenvalue weighted by molar-refractivity contribution is 6.04. The third-order valence-corrected chi connectivity index (χ3v) is 13.4. The number of ketones is 2. The number of rotatable bonds is 2. The number of allylic oxidation sites excluding steroid dienone is 2. The van der Waals surface area contributed by atoms with Crippen LogP contribution in [-0.4, -0.2) is 30.3 Å². The van der Waals surface area contributed by atoms with Crippen molar-refractivity contribution in [3.8, 4) is 6.07 Å². The van der Waals surface area contributed by atoms with E-state index in [9.17, 15) is 32.8 Å².